The topological polar surface area (TPSA) is 46.4 Å². The Labute approximate surface area is 201 Å². The van der Waals surface area contributed by atoms with Crippen molar-refractivity contribution in [1.29, 1.82) is 0 Å². The molecule has 0 fully saturated rings. The second-order valence-corrected chi connectivity index (χ2v) is 9.75. The van der Waals surface area contributed by atoms with Gasteiger partial charge in [0, 0.05) is 49.2 Å². The number of hydrazone groups is 1. The number of benzene rings is 2. The summed E-state index contributed by atoms with van der Waals surface area (Å²) in [5.41, 5.74) is 9.36. The zero-order valence-electron chi connectivity index (χ0n) is 18.0. The Morgan fingerprint density at radius 3 is 2.48 bits per heavy atom. The van der Waals surface area contributed by atoms with Crippen LogP contribution in [-0.2, 0) is 4.79 Å². The molecular weight excluding hydrogens is 494 g/mol. The summed E-state index contributed by atoms with van der Waals surface area (Å²) in [6, 6.07) is 14.0. The summed E-state index contributed by atoms with van der Waals surface area (Å²) < 4.78 is 3.17. The van der Waals surface area contributed by atoms with E-state index in [9.17, 15) is 4.79 Å². The summed E-state index contributed by atoms with van der Waals surface area (Å²) in [6.07, 6.45) is 2.08. The smallest absolute Gasteiger partial charge is 0.240 e. The second kappa shape index (κ2) is 10.5. The van der Waals surface area contributed by atoms with E-state index in [2.05, 4.69) is 76.9 Å². The predicted molar refractivity (Wildman–Crippen MR) is 135 cm³/mol. The maximum atomic E-state index is 12.1. The summed E-state index contributed by atoms with van der Waals surface area (Å²) in [5, 5.41) is 4.89. The van der Waals surface area contributed by atoms with Gasteiger partial charge in [0.05, 0.1) is 6.21 Å². The molecule has 0 saturated heterocycles. The third-order valence-electron chi connectivity index (χ3n) is 5.16. The van der Waals surface area contributed by atoms with Crippen molar-refractivity contribution in [3.05, 3.63) is 80.0 Å². The molecule has 1 N–H and O–H groups in total. The van der Waals surface area contributed by atoms with Crippen LogP contribution in [0.5, 0.6) is 0 Å². The Morgan fingerprint density at radius 1 is 1.10 bits per heavy atom. The van der Waals surface area contributed by atoms with Crippen LogP contribution >= 0.6 is 39.3 Å². The molecule has 31 heavy (non-hydrogen) atoms. The van der Waals surface area contributed by atoms with Gasteiger partial charge in [-0.05, 0) is 91.1 Å². The van der Waals surface area contributed by atoms with Crippen molar-refractivity contribution >= 4 is 51.4 Å². The highest BCUT2D eigenvalue weighted by Crippen LogP contribution is 2.30. The summed E-state index contributed by atoms with van der Waals surface area (Å²) in [5.74, 6) is 0.561. The quantitative estimate of drug-likeness (QED) is 0.213. The van der Waals surface area contributed by atoms with Gasteiger partial charge in [0.2, 0.25) is 5.91 Å². The van der Waals surface area contributed by atoms with E-state index < -0.39 is 0 Å². The van der Waals surface area contributed by atoms with Gasteiger partial charge in [-0.15, -0.1) is 11.8 Å². The molecule has 1 amide bonds. The van der Waals surface area contributed by atoms with E-state index in [1.807, 2.05) is 24.3 Å². The average Bonchev–Trinajstić information content (AvgIpc) is 2.95. The Balaban J connectivity index is 1.63. The van der Waals surface area contributed by atoms with Crippen LogP contribution in [0.15, 0.2) is 56.9 Å². The average molecular weight is 519 g/mol. The van der Waals surface area contributed by atoms with Crippen molar-refractivity contribution < 1.29 is 4.79 Å². The van der Waals surface area contributed by atoms with E-state index in [0.717, 1.165) is 32.0 Å². The second-order valence-electron chi connectivity index (χ2n) is 7.35. The highest BCUT2D eigenvalue weighted by molar-refractivity contribution is 9.10. The molecule has 162 valence electrons. The summed E-state index contributed by atoms with van der Waals surface area (Å²) in [6.45, 7) is 8.35. The lowest BCUT2D eigenvalue weighted by Gasteiger charge is -2.11. The van der Waals surface area contributed by atoms with Crippen LogP contribution in [0.3, 0.4) is 0 Å². The monoisotopic (exact) mass is 517 g/mol. The molecule has 1 heterocycles. The molecule has 0 atom stereocenters. The van der Waals surface area contributed by atoms with Crippen LogP contribution in [0.1, 0.15) is 34.5 Å². The summed E-state index contributed by atoms with van der Waals surface area (Å²) in [4.78, 5) is 13.2. The molecule has 0 unspecified atom stereocenters. The number of nitrogens with zero attached hydrogens (tertiary/aromatic N) is 2. The zero-order chi connectivity index (χ0) is 22.5. The summed E-state index contributed by atoms with van der Waals surface area (Å²) >= 11 is 11.2. The Morgan fingerprint density at radius 2 is 1.81 bits per heavy atom. The van der Waals surface area contributed by atoms with Crippen LogP contribution in [0.4, 0.5) is 0 Å². The molecule has 0 aliphatic carbocycles. The fourth-order valence-corrected chi connectivity index (χ4v) is 4.79. The van der Waals surface area contributed by atoms with Gasteiger partial charge in [-0.25, -0.2) is 5.43 Å². The number of nitrogens with one attached hydrogen (secondary N) is 1. The number of hydrogen-bond acceptors (Lipinski definition) is 3. The summed E-state index contributed by atoms with van der Waals surface area (Å²) in [7, 11) is 0. The van der Waals surface area contributed by atoms with Crippen LogP contribution in [-0.4, -0.2) is 22.4 Å². The van der Waals surface area contributed by atoms with Gasteiger partial charge in [0.25, 0.3) is 0 Å². The van der Waals surface area contributed by atoms with E-state index in [1.54, 1.807) is 18.0 Å². The van der Waals surface area contributed by atoms with Crippen LogP contribution in [0.2, 0.25) is 5.02 Å². The first-order valence-corrected chi connectivity index (χ1v) is 12.1. The lowest BCUT2D eigenvalue weighted by Crippen LogP contribution is -2.17. The highest BCUT2D eigenvalue weighted by Gasteiger charge is 2.16. The Bertz CT molecular complexity index is 1120. The third kappa shape index (κ3) is 5.82. The van der Waals surface area contributed by atoms with Gasteiger partial charge >= 0.3 is 0 Å². The predicted octanol–water partition coefficient (Wildman–Crippen LogP) is 6.76. The van der Waals surface area contributed by atoms with Crippen molar-refractivity contribution in [3.63, 3.8) is 0 Å². The molecular formula is C24H25BrClN3OS. The molecule has 0 aliphatic heterocycles. The van der Waals surface area contributed by atoms with Gasteiger partial charge < -0.3 is 4.57 Å². The molecule has 7 heteroatoms. The molecule has 4 nitrogen and oxygen atoms in total. The van der Waals surface area contributed by atoms with Gasteiger partial charge in [-0.1, -0.05) is 17.7 Å². The number of carbonyl (C=O) groups is 1. The number of aryl methyl sites for hydroxylation is 2. The van der Waals surface area contributed by atoms with Crippen LogP contribution in [0.25, 0.3) is 5.69 Å². The van der Waals surface area contributed by atoms with Crippen LogP contribution < -0.4 is 5.43 Å². The van der Waals surface area contributed by atoms with Crippen molar-refractivity contribution in [3.8, 4) is 5.69 Å². The minimum atomic E-state index is -0.114. The molecule has 2 aromatic carbocycles. The third-order valence-corrected chi connectivity index (χ3v) is 7.42. The van der Waals surface area contributed by atoms with E-state index in [4.69, 9.17) is 11.6 Å². The fraction of sp³-hybridized carbons (Fsp3) is 0.250. The highest BCUT2D eigenvalue weighted by atomic mass is 79.9. The normalized spacial score (nSPS) is 11.3. The minimum absolute atomic E-state index is 0.114. The number of hydrogen-bond donors (Lipinski definition) is 1. The van der Waals surface area contributed by atoms with E-state index >= 15 is 0 Å². The molecule has 0 aliphatic rings. The molecule has 0 saturated carbocycles. The van der Waals surface area contributed by atoms with Gasteiger partial charge in [0.1, 0.15) is 0 Å². The van der Waals surface area contributed by atoms with Gasteiger partial charge in [0.15, 0.2) is 0 Å². The number of halogens is 2. The minimum Gasteiger partial charge on any atom is -0.317 e. The maximum Gasteiger partial charge on any atom is 0.240 e. The Hall–Kier alpha value is -2.02. The van der Waals surface area contributed by atoms with E-state index in [-0.39, 0.29) is 5.91 Å². The Kier molecular flexibility index (Phi) is 8.03. The maximum absolute atomic E-state index is 12.1. The van der Waals surface area contributed by atoms with Gasteiger partial charge in [-0.2, -0.15) is 5.10 Å². The molecule has 3 rings (SSSR count). The number of aromatic nitrogens is 1. The van der Waals surface area contributed by atoms with Crippen molar-refractivity contribution in [2.24, 2.45) is 5.10 Å². The largest absolute Gasteiger partial charge is 0.317 e. The number of rotatable bonds is 7. The zero-order valence-corrected chi connectivity index (χ0v) is 21.2. The molecule has 0 spiro atoms. The first kappa shape index (κ1) is 23.6. The molecule has 1 aromatic heterocycles. The lowest BCUT2D eigenvalue weighted by molar-refractivity contribution is -0.120. The molecule has 0 bridgehead atoms. The number of thioether (sulfide) groups is 1. The SMILES string of the molecule is Cc1ccc(-n2c(C)c(Br)c(/C=N\NC(=O)CCSc3ccc(Cl)cc3)c2C)cc1C. The molecule has 0 radical (unpaired) electrons. The van der Waals surface area contributed by atoms with E-state index in [0.29, 0.717) is 17.2 Å². The van der Waals surface area contributed by atoms with E-state index in [1.165, 1.54) is 11.1 Å². The number of carbonyl (C=O) groups excluding carboxylic acids is 1. The van der Waals surface area contributed by atoms with Gasteiger partial charge in [-0.3, -0.25) is 4.79 Å². The van der Waals surface area contributed by atoms with Crippen molar-refractivity contribution in [2.45, 2.75) is 39.0 Å². The van der Waals surface area contributed by atoms with Crippen LogP contribution in [0, 0.1) is 27.7 Å². The fourth-order valence-electron chi connectivity index (χ4n) is 3.24. The standard InChI is InChI=1S/C24H25BrClN3OS/c1-15-5-8-20(13-16(15)2)29-17(3)22(24(25)18(29)4)14-27-28-23(30)11-12-31-21-9-6-19(26)7-10-21/h5-10,13-14H,11-12H2,1-4H3,(H,28,30)/b27-14-. The molecule has 3 aromatic rings. The lowest BCUT2D eigenvalue weighted by atomic mass is 10.1. The number of amides is 1. The van der Waals surface area contributed by atoms with Crippen molar-refractivity contribution in [1.82, 2.24) is 9.99 Å². The first-order chi connectivity index (χ1) is 14.8. The van der Waals surface area contributed by atoms with Crippen molar-refractivity contribution in [2.75, 3.05) is 5.75 Å². The first-order valence-electron chi connectivity index (χ1n) is 9.93.